The number of ether oxygens (including phenoxy) is 1. The summed E-state index contributed by atoms with van der Waals surface area (Å²) in [7, 11) is 1.95. The molecule has 1 saturated heterocycles. The van der Waals surface area contributed by atoms with Gasteiger partial charge in [-0.1, -0.05) is 0 Å². The number of ketones is 1. The van der Waals surface area contributed by atoms with E-state index in [0.717, 1.165) is 38.3 Å². The molecule has 0 amide bonds. The standard InChI is InChI=1S/C16H22FNO2/c1-11-7-16(14(12(2)19)8-15(11)17)18(3)9-13-5-4-6-20-10-13/h7-8,13H,4-6,9-10H2,1-3H3. The van der Waals surface area contributed by atoms with Crippen molar-refractivity contribution in [2.45, 2.75) is 26.7 Å². The molecule has 0 bridgehead atoms. The first-order valence-corrected chi connectivity index (χ1v) is 7.09. The number of anilines is 1. The van der Waals surface area contributed by atoms with Crippen LogP contribution in [0.25, 0.3) is 0 Å². The number of Topliss-reactive ketones (excluding diaryl/α,β-unsaturated/α-hetero) is 1. The summed E-state index contributed by atoms with van der Waals surface area (Å²) >= 11 is 0. The SMILES string of the molecule is CC(=O)c1cc(F)c(C)cc1N(C)CC1CCCOC1. The Morgan fingerprint density at radius 2 is 2.25 bits per heavy atom. The lowest BCUT2D eigenvalue weighted by Crippen LogP contribution is -2.31. The van der Waals surface area contributed by atoms with Gasteiger partial charge in [-0.25, -0.2) is 4.39 Å². The van der Waals surface area contributed by atoms with E-state index in [1.54, 1.807) is 13.0 Å². The number of hydrogen-bond donors (Lipinski definition) is 0. The largest absolute Gasteiger partial charge is 0.381 e. The van der Waals surface area contributed by atoms with Crippen molar-refractivity contribution in [1.29, 1.82) is 0 Å². The number of rotatable bonds is 4. The molecule has 1 atom stereocenters. The van der Waals surface area contributed by atoms with Gasteiger partial charge in [0.05, 0.1) is 6.61 Å². The van der Waals surface area contributed by atoms with Crippen molar-refractivity contribution in [3.8, 4) is 0 Å². The maximum Gasteiger partial charge on any atom is 0.161 e. The van der Waals surface area contributed by atoms with Gasteiger partial charge in [-0.05, 0) is 50.3 Å². The minimum absolute atomic E-state index is 0.106. The second kappa shape index (κ2) is 6.35. The van der Waals surface area contributed by atoms with Crippen LogP contribution >= 0.6 is 0 Å². The van der Waals surface area contributed by atoms with Crippen molar-refractivity contribution in [2.75, 3.05) is 31.7 Å². The van der Waals surface area contributed by atoms with Gasteiger partial charge in [-0.15, -0.1) is 0 Å². The van der Waals surface area contributed by atoms with Gasteiger partial charge >= 0.3 is 0 Å². The molecule has 4 heteroatoms. The van der Waals surface area contributed by atoms with Crippen LogP contribution in [0, 0.1) is 18.7 Å². The normalized spacial score (nSPS) is 18.9. The van der Waals surface area contributed by atoms with Gasteiger partial charge in [0.25, 0.3) is 0 Å². The van der Waals surface area contributed by atoms with E-state index >= 15 is 0 Å². The van der Waals surface area contributed by atoms with E-state index in [4.69, 9.17) is 4.74 Å². The first kappa shape index (κ1) is 15.0. The lowest BCUT2D eigenvalue weighted by molar-refractivity contribution is 0.0576. The number of benzene rings is 1. The van der Waals surface area contributed by atoms with Crippen molar-refractivity contribution in [3.05, 3.63) is 29.1 Å². The fraction of sp³-hybridized carbons (Fsp3) is 0.562. The lowest BCUT2D eigenvalue weighted by atomic mass is 10.00. The Bertz CT molecular complexity index is 495. The highest BCUT2D eigenvalue weighted by molar-refractivity contribution is 5.99. The van der Waals surface area contributed by atoms with Crippen molar-refractivity contribution < 1.29 is 13.9 Å². The predicted molar refractivity (Wildman–Crippen MR) is 78.0 cm³/mol. The van der Waals surface area contributed by atoms with Gasteiger partial charge in [0, 0.05) is 31.5 Å². The third-order valence-electron chi connectivity index (χ3n) is 3.85. The molecule has 1 aromatic rings. The maximum atomic E-state index is 13.7. The van der Waals surface area contributed by atoms with E-state index in [-0.39, 0.29) is 11.6 Å². The lowest BCUT2D eigenvalue weighted by Gasteiger charge is -2.29. The second-order valence-corrected chi connectivity index (χ2v) is 5.64. The number of carbonyl (C=O) groups excluding carboxylic acids is 1. The molecule has 110 valence electrons. The van der Waals surface area contributed by atoms with Crippen LogP contribution in [0.5, 0.6) is 0 Å². The zero-order valence-electron chi connectivity index (χ0n) is 12.4. The number of carbonyl (C=O) groups is 1. The van der Waals surface area contributed by atoms with Crippen molar-refractivity contribution in [3.63, 3.8) is 0 Å². The van der Waals surface area contributed by atoms with E-state index in [2.05, 4.69) is 0 Å². The van der Waals surface area contributed by atoms with Crippen LogP contribution in [0.4, 0.5) is 10.1 Å². The van der Waals surface area contributed by atoms with E-state index in [0.29, 0.717) is 17.0 Å². The molecule has 3 nitrogen and oxygen atoms in total. The van der Waals surface area contributed by atoms with E-state index in [1.807, 2.05) is 11.9 Å². The summed E-state index contributed by atoms with van der Waals surface area (Å²) in [6, 6.07) is 3.11. The Balaban J connectivity index is 2.21. The third kappa shape index (κ3) is 3.37. The molecule has 2 rings (SSSR count). The van der Waals surface area contributed by atoms with Crippen molar-refractivity contribution >= 4 is 11.5 Å². The molecule has 1 heterocycles. The summed E-state index contributed by atoms with van der Waals surface area (Å²) in [4.78, 5) is 13.8. The summed E-state index contributed by atoms with van der Waals surface area (Å²) in [5, 5.41) is 0. The molecular formula is C16H22FNO2. The Morgan fingerprint density at radius 3 is 2.85 bits per heavy atom. The molecule has 0 saturated carbocycles. The monoisotopic (exact) mass is 279 g/mol. The van der Waals surface area contributed by atoms with Gasteiger partial charge in [0.15, 0.2) is 5.78 Å². The molecular weight excluding hydrogens is 257 g/mol. The fourth-order valence-corrected chi connectivity index (χ4v) is 2.70. The third-order valence-corrected chi connectivity index (χ3v) is 3.85. The average molecular weight is 279 g/mol. The first-order chi connectivity index (χ1) is 9.49. The van der Waals surface area contributed by atoms with Gasteiger partial charge in [0.2, 0.25) is 0 Å². The van der Waals surface area contributed by atoms with Crippen LogP contribution in [-0.2, 0) is 4.74 Å². The molecule has 0 N–H and O–H groups in total. The van der Waals surface area contributed by atoms with Gasteiger partial charge < -0.3 is 9.64 Å². The quantitative estimate of drug-likeness (QED) is 0.793. The Kier molecular flexibility index (Phi) is 4.76. The van der Waals surface area contributed by atoms with Crippen LogP contribution < -0.4 is 4.90 Å². The van der Waals surface area contributed by atoms with Gasteiger partial charge in [-0.2, -0.15) is 0 Å². The number of aryl methyl sites for hydroxylation is 1. The van der Waals surface area contributed by atoms with E-state index < -0.39 is 0 Å². The molecule has 1 aliphatic rings. The molecule has 0 aromatic heterocycles. The Labute approximate surface area is 119 Å². The Hall–Kier alpha value is -1.42. The zero-order chi connectivity index (χ0) is 14.7. The second-order valence-electron chi connectivity index (χ2n) is 5.64. The first-order valence-electron chi connectivity index (χ1n) is 7.09. The molecule has 1 fully saturated rings. The summed E-state index contributed by atoms with van der Waals surface area (Å²) in [5.41, 5.74) is 1.83. The van der Waals surface area contributed by atoms with Crippen LogP contribution in [0.2, 0.25) is 0 Å². The van der Waals surface area contributed by atoms with Crippen LogP contribution in [-0.4, -0.2) is 32.6 Å². The van der Waals surface area contributed by atoms with E-state index in [9.17, 15) is 9.18 Å². The zero-order valence-corrected chi connectivity index (χ0v) is 12.4. The maximum absolute atomic E-state index is 13.7. The van der Waals surface area contributed by atoms with Gasteiger partial charge in [0.1, 0.15) is 5.82 Å². The van der Waals surface area contributed by atoms with Gasteiger partial charge in [-0.3, -0.25) is 4.79 Å². The average Bonchev–Trinajstić information content (AvgIpc) is 2.42. The smallest absolute Gasteiger partial charge is 0.161 e. The molecule has 1 aromatic carbocycles. The topological polar surface area (TPSA) is 29.5 Å². The molecule has 20 heavy (non-hydrogen) atoms. The van der Waals surface area contributed by atoms with E-state index in [1.165, 1.54) is 13.0 Å². The van der Waals surface area contributed by atoms with Crippen molar-refractivity contribution in [1.82, 2.24) is 0 Å². The molecule has 0 radical (unpaired) electrons. The predicted octanol–water partition coefficient (Wildman–Crippen LogP) is 3.20. The minimum atomic E-state index is -0.326. The summed E-state index contributed by atoms with van der Waals surface area (Å²) in [5.74, 6) is 0.0397. The number of nitrogens with zero attached hydrogens (tertiary/aromatic N) is 1. The van der Waals surface area contributed by atoms with Crippen LogP contribution in [0.1, 0.15) is 35.7 Å². The minimum Gasteiger partial charge on any atom is -0.381 e. The molecule has 0 spiro atoms. The summed E-state index contributed by atoms with van der Waals surface area (Å²) in [6.45, 7) is 5.63. The van der Waals surface area contributed by atoms with Crippen molar-refractivity contribution in [2.24, 2.45) is 5.92 Å². The fourth-order valence-electron chi connectivity index (χ4n) is 2.70. The number of hydrogen-bond acceptors (Lipinski definition) is 3. The molecule has 1 aliphatic heterocycles. The highest BCUT2D eigenvalue weighted by Gasteiger charge is 2.19. The highest BCUT2D eigenvalue weighted by Crippen LogP contribution is 2.26. The number of halogens is 1. The summed E-state index contributed by atoms with van der Waals surface area (Å²) in [6.07, 6.45) is 2.22. The van der Waals surface area contributed by atoms with Crippen LogP contribution in [0.15, 0.2) is 12.1 Å². The summed E-state index contributed by atoms with van der Waals surface area (Å²) < 4.78 is 19.1. The molecule has 1 unspecified atom stereocenters. The van der Waals surface area contributed by atoms with Crippen LogP contribution in [0.3, 0.4) is 0 Å². The highest BCUT2D eigenvalue weighted by atomic mass is 19.1. The molecule has 0 aliphatic carbocycles. The Morgan fingerprint density at radius 1 is 1.50 bits per heavy atom.